The van der Waals surface area contributed by atoms with Crippen LogP contribution in [0.4, 0.5) is 4.39 Å². The van der Waals surface area contributed by atoms with Gasteiger partial charge in [0.05, 0.1) is 11.4 Å². The monoisotopic (exact) mass is 360 g/mol. The highest BCUT2D eigenvalue weighted by Gasteiger charge is 2.62. The second-order valence-corrected chi connectivity index (χ2v) is 7.55. The number of hydrogen-bond acceptors (Lipinski definition) is 2. The first-order chi connectivity index (χ1) is 10.5. The Bertz CT molecular complexity index is 763. The summed E-state index contributed by atoms with van der Waals surface area (Å²) >= 11 is 3.71. The van der Waals surface area contributed by atoms with Gasteiger partial charge in [-0.3, -0.25) is 0 Å². The highest BCUT2D eigenvalue weighted by atomic mass is 79.9. The maximum absolute atomic E-state index is 14.0. The summed E-state index contributed by atoms with van der Waals surface area (Å²) in [7, 11) is 0. The van der Waals surface area contributed by atoms with E-state index in [4.69, 9.17) is 0 Å². The topological polar surface area (TPSA) is 25.8 Å². The molecule has 4 rings (SSSR count). The van der Waals surface area contributed by atoms with Crippen molar-refractivity contribution in [2.24, 2.45) is 5.41 Å². The molecule has 2 nitrogen and oxygen atoms in total. The molecule has 0 saturated heterocycles. The van der Waals surface area contributed by atoms with Gasteiger partial charge in [-0.1, -0.05) is 41.9 Å². The van der Waals surface area contributed by atoms with Crippen molar-refractivity contribution >= 4 is 15.9 Å². The minimum absolute atomic E-state index is 0.0667. The Morgan fingerprint density at radius 3 is 2.77 bits per heavy atom. The van der Waals surface area contributed by atoms with E-state index in [0.29, 0.717) is 17.2 Å². The van der Waals surface area contributed by atoms with Crippen molar-refractivity contribution in [3.05, 3.63) is 47.4 Å². The average molecular weight is 361 g/mol. The summed E-state index contributed by atoms with van der Waals surface area (Å²) in [6, 6.07) is 8.84. The van der Waals surface area contributed by atoms with Crippen molar-refractivity contribution in [1.82, 2.24) is 10.2 Å². The van der Waals surface area contributed by atoms with Crippen LogP contribution in [-0.4, -0.2) is 15.5 Å². The molecule has 0 N–H and O–H groups in total. The Kier molecular flexibility index (Phi) is 3.00. The van der Waals surface area contributed by atoms with Gasteiger partial charge in [-0.15, -0.1) is 0 Å². The van der Waals surface area contributed by atoms with Crippen LogP contribution in [-0.2, 0) is 5.41 Å². The molecule has 0 spiro atoms. The van der Waals surface area contributed by atoms with Crippen molar-refractivity contribution in [1.29, 1.82) is 0 Å². The van der Waals surface area contributed by atoms with E-state index in [0.717, 1.165) is 17.4 Å². The molecule has 2 aromatic rings. The summed E-state index contributed by atoms with van der Waals surface area (Å²) in [5.74, 6) is 0.238. The molecular weight excluding hydrogens is 343 g/mol. The van der Waals surface area contributed by atoms with Crippen molar-refractivity contribution in [2.45, 2.75) is 38.0 Å². The van der Waals surface area contributed by atoms with Crippen LogP contribution in [0.25, 0.3) is 11.3 Å². The van der Waals surface area contributed by atoms with Crippen molar-refractivity contribution in [3.63, 3.8) is 0 Å². The van der Waals surface area contributed by atoms with Gasteiger partial charge >= 0.3 is 0 Å². The molecule has 114 valence electrons. The van der Waals surface area contributed by atoms with E-state index in [-0.39, 0.29) is 16.6 Å². The van der Waals surface area contributed by atoms with Crippen LogP contribution >= 0.6 is 15.9 Å². The zero-order valence-corrected chi connectivity index (χ0v) is 14.3. The van der Waals surface area contributed by atoms with Gasteiger partial charge in [-0.2, -0.15) is 10.2 Å². The molecule has 3 atom stereocenters. The Morgan fingerprint density at radius 2 is 2.05 bits per heavy atom. The van der Waals surface area contributed by atoms with Gasteiger partial charge in [0.2, 0.25) is 0 Å². The number of halogens is 2. The maximum atomic E-state index is 14.0. The van der Waals surface area contributed by atoms with Crippen LogP contribution in [0.2, 0.25) is 0 Å². The van der Waals surface area contributed by atoms with Crippen LogP contribution in [0, 0.1) is 11.2 Å². The van der Waals surface area contributed by atoms with Crippen LogP contribution in [0.15, 0.2) is 30.3 Å². The average Bonchev–Trinajstić information content (AvgIpc) is 2.90. The van der Waals surface area contributed by atoms with Crippen LogP contribution < -0.4 is 0 Å². The van der Waals surface area contributed by atoms with Gasteiger partial charge < -0.3 is 0 Å². The maximum Gasteiger partial charge on any atom is 0.132 e. The summed E-state index contributed by atoms with van der Waals surface area (Å²) in [6.07, 6.45) is 2.33. The molecular formula is C18H18BrFN2. The lowest BCUT2D eigenvalue weighted by Gasteiger charge is -2.36. The molecule has 2 bridgehead atoms. The number of benzene rings is 1. The summed E-state index contributed by atoms with van der Waals surface area (Å²) in [5, 5.41) is 9.83. The van der Waals surface area contributed by atoms with Crippen LogP contribution in [0.3, 0.4) is 0 Å². The molecule has 4 heteroatoms. The minimum atomic E-state index is -0.241. The summed E-state index contributed by atoms with van der Waals surface area (Å²) < 4.78 is 14.0. The van der Waals surface area contributed by atoms with Gasteiger partial charge in [0, 0.05) is 16.3 Å². The second-order valence-electron chi connectivity index (χ2n) is 6.99. The molecule has 1 fully saturated rings. The van der Waals surface area contributed by atoms with Crippen molar-refractivity contribution in [3.8, 4) is 11.3 Å². The fourth-order valence-electron chi connectivity index (χ4n) is 4.45. The normalized spacial score (nSPS) is 32.3. The molecule has 1 aromatic heterocycles. The van der Waals surface area contributed by atoms with Gasteiger partial charge in [-0.25, -0.2) is 4.39 Å². The predicted molar refractivity (Wildman–Crippen MR) is 88.7 cm³/mol. The summed E-state index contributed by atoms with van der Waals surface area (Å²) in [6.45, 7) is 4.64. The number of alkyl halides is 1. The summed E-state index contributed by atoms with van der Waals surface area (Å²) in [5.41, 5.74) is 3.79. The zero-order valence-electron chi connectivity index (χ0n) is 12.7. The Hall–Kier alpha value is -1.29. The number of aromatic nitrogens is 2. The number of rotatable bonds is 2. The fourth-order valence-corrected chi connectivity index (χ4v) is 5.46. The fraction of sp³-hybridized carbons (Fsp3) is 0.444. The lowest BCUT2D eigenvalue weighted by molar-refractivity contribution is 0.235. The van der Waals surface area contributed by atoms with Crippen LogP contribution in [0.1, 0.15) is 43.9 Å². The van der Waals surface area contributed by atoms with Gasteiger partial charge in [-0.05, 0) is 47.9 Å². The van der Waals surface area contributed by atoms with Crippen molar-refractivity contribution in [2.75, 3.05) is 5.33 Å². The van der Waals surface area contributed by atoms with E-state index in [1.807, 2.05) is 6.07 Å². The van der Waals surface area contributed by atoms with E-state index >= 15 is 0 Å². The molecule has 0 amide bonds. The number of nitrogens with zero attached hydrogens (tertiary/aromatic N) is 2. The molecule has 0 radical (unpaired) electrons. The molecule has 1 heterocycles. The SMILES string of the molecule is CC1(CBr)[C@@H]2CC[C@@]1(C)c1nnc(-c3ccccc3F)cc12. The first-order valence-corrected chi connectivity index (χ1v) is 8.82. The van der Waals surface area contributed by atoms with Gasteiger partial charge in [0.25, 0.3) is 0 Å². The zero-order chi connectivity index (χ0) is 15.5. The largest absolute Gasteiger partial charge is 0.206 e. The predicted octanol–water partition coefficient (Wildman–Crippen LogP) is 4.83. The molecule has 22 heavy (non-hydrogen) atoms. The van der Waals surface area contributed by atoms with Crippen molar-refractivity contribution < 1.29 is 4.39 Å². The highest BCUT2D eigenvalue weighted by Crippen LogP contribution is 2.67. The lowest BCUT2D eigenvalue weighted by Crippen LogP contribution is -2.36. The molecule has 0 aliphatic heterocycles. The first-order valence-electron chi connectivity index (χ1n) is 7.70. The van der Waals surface area contributed by atoms with E-state index in [1.54, 1.807) is 12.1 Å². The number of fused-ring (bicyclic) bond motifs is 5. The van der Waals surface area contributed by atoms with Gasteiger partial charge in [0.1, 0.15) is 5.82 Å². The Labute approximate surface area is 138 Å². The highest BCUT2D eigenvalue weighted by molar-refractivity contribution is 9.09. The molecule has 2 aliphatic carbocycles. The second kappa shape index (κ2) is 4.60. The molecule has 2 aliphatic rings. The third-order valence-corrected chi connectivity index (χ3v) is 7.28. The summed E-state index contributed by atoms with van der Waals surface area (Å²) in [4.78, 5) is 0. The molecule has 1 unspecified atom stereocenters. The molecule has 1 saturated carbocycles. The Balaban J connectivity index is 1.88. The smallest absolute Gasteiger partial charge is 0.132 e. The standard InChI is InChI=1S/C18H18BrFN2/c1-17-8-7-13(18(17,2)10-19)12-9-15(21-22-16(12)17)11-5-3-4-6-14(11)20/h3-6,9,13H,7-8,10H2,1-2H3/t13-,17+,18?/m1/s1. The van der Waals surface area contributed by atoms with E-state index in [1.165, 1.54) is 18.1 Å². The quantitative estimate of drug-likeness (QED) is 0.716. The van der Waals surface area contributed by atoms with E-state index in [2.05, 4.69) is 46.0 Å². The lowest BCUT2D eigenvalue weighted by atomic mass is 9.70. The third kappa shape index (κ3) is 1.59. The van der Waals surface area contributed by atoms with E-state index in [9.17, 15) is 4.39 Å². The van der Waals surface area contributed by atoms with Crippen LogP contribution in [0.5, 0.6) is 0 Å². The van der Waals surface area contributed by atoms with Gasteiger partial charge in [0.15, 0.2) is 0 Å². The minimum Gasteiger partial charge on any atom is -0.206 e. The molecule has 1 aromatic carbocycles. The Morgan fingerprint density at radius 1 is 1.27 bits per heavy atom. The number of hydrogen-bond donors (Lipinski definition) is 0. The van der Waals surface area contributed by atoms with E-state index < -0.39 is 0 Å². The third-order valence-electron chi connectivity index (χ3n) is 6.11. The first kappa shape index (κ1) is 14.3.